The second kappa shape index (κ2) is 20.0. The molecule has 33 heavy (non-hydrogen) atoms. The zero-order chi connectivity index (χ0) is 24.2. The number of aryl methyl sites for hydroxylation is 1. The van der Waals surface area contributed by atoms with E-state index < -0.39 is 0 Å². The Kier molecular flexibility index (Phi) is 17.9. The van der Waals surface area contributed by atoms with Crippen molar-refractivity contribution in [2.24, 2.45) is 0 Å². The lowest BCUT2D eigenvalue weighted by Gasteiger charge is -2.31. The maximum Gasteiger partial charge on any atom is 0.269 e. The Labute approximate surface area is 204 Å². The number of hydrogen-bond donors (Lipinski definition) is 0. The molecule has 1 rings (SSSR count). The predicted molar refractivity (Wildman–Crippen MR) is 143 cm³/mol. The van der Waals surface area contributed by atoms with Gasteiger partial charge in [-0.2, -0.15) is 0 Å². The maximum absolute atomic E-state index is 10.9. The molecule has 1 unspecified atom stereocenters. The number of nitro groups is 1. The van der Waals surface area contributed by atoms with Gasteiger partial charge in [0.25, 0.3) is 5.69 Å². The quantitative estimate of drug-likeness (QED) is 0.0984. The van der Waals surface area contributed by atoms with Crippen LogP contribution in [0.15, 0.2) is 24.3 Å². The summed E-state index contributed by atoms with van der Waals surface area (Å²) in [4.78, 5) is 13.3. The zero-order valence-corrected chi connectivity index (χ0v) is 22.0. The summed E-state index contributed by atoms with van der Waals surface area (Å²) in [5.74, 6) is 0. The molecule has 0 fully saturated rings. The van der Waals surface area contributed by atoms with Crippen molar-refractivity contribution in [3.05, 3.63) is 39.9 Å². The smallest absolute Gasteiger partial charge is 0.269 e. The molecule has 0 aliphatic carbocycles. The van der Waals surface area contributed by atoms with Crippen molar-refractivity contribution >= 4 is 5.69 Å². The van der Waals surface area contributed by atoms with Crippen LogP contribution in [0.25, 0.3) is 0 Å². The summed E-state index contributed by atoms with van der Waals surface area (Å²) in [6.07, 6.45) is 22.4. The van der Waals surface area contributed by atoms with Crippen LogP contribution < -0.4 is 0 Å². The first kappa shape index (κ1) is 29.6. The van der Waals surface area contributed by atoms with E-state index in [1.54, 1.807) is 12.1 Å². The summed E-state index contributed by atoms with van der Waals surface area (Å²) < 4.78 is 0. The van der Waals surface area contributed by atoms with Crippen molar-refractivity contribution in [3.8, 4) is 0 Å². The molecule has 1 atom stereocenters. The summed E-state index contributed by atoms with van der Waals surface area (Å²) in [5.41, 5.74) is 1.40. The lowest BCUT2D eigenvalue weighted by atomic mass is 10.0. The van der Waals surface area contributed by atoms with Gasteiger partial charge in [-0.1, -0.05) is 104 Å². The van der Waals surface area contributed by atoms with Crippen molar-refractivity contribution in [1.82, 2.24) is 4.90 Å². The van der Waals surface area contributed by atoms with E-state index in [1.807, 2.05) is 12.1 Å². The first-order valence-corrected chi connectivity index (χ1v) is 14.1. The summed E-state index contributed by atoms with van der Waals surface area (Å²) in [5, 5.41) is 10.9. The summed E-state index contributed by atoms with van der Waals surface area (Å²) >= 11 is 0. The van der Waals surface area contributed by atoms with Crippen molar-refractivity contribution in [2.45, 2.75) is 136 Å². The molecule has 0 heterocycles. The zero-order valence-electron chi connectivity index (χ0n) is 22.0. The van der Waals surface area contributed by atoms with E-state index in [0.29, 0.717) is 6.04 Å². The fraction of sp³-hybridized carbons (Fsp3) is 0.793. The number of nitrogens with zero attached hydrogens (tertiary/aromatic N) is 2. The summed E-state index contributed by atoms with van der Waals surface area (Å²) in [6.45, 7) is 9.41. The van der Waals surface area contributed by atoms with E-state index in [9.17, 15) is 10.1 Å². The Hall–Kier alpha value is -1.42. The van der Waals surface area contributed by atoms with Crippen LogP contribution in [-0.2, 0) is 6.42 Å². The van der Waals surface area contributed by atoms with E-state index in [4.69, 9.17) is 0 Å². The molecule has 1 aromatic rings. The van der Waals surface area contributed by atoms with Crippen LogP contribution >= 0.6 is 0 Å². The molecular weight excluding hydrogens is 408 g/mol. The van der Waals surface area contributed by atoms with Gasteiger partial charge >= 0.3 is 0 Å². The SMILES string of the molecule is CCCCCCCCCCN(CCCCCCC)C(CC)CCCc1ccc([N+](=O)[O-])cc1. The standard InChI is InChI=1S/C29H52N2O2/c1-4-7-9-11-12-13-15-17-26-30(25-16-14-10-8-5-2)28(6-3)20-18-19-27-21-23-29(24-22-27)31(32)33/h21-24,28H,4-20,25-26H2,1-3H3. The molecule has 4 heteroatoms. The Bertz CT molecular complexity index is 588. The molecule has 0 aromatic heterocycles. The Balaban J connectivity index is 2.44. The number of hydrogen-bond acceptors (Lipinski definition) is 3. The normalized spacial score (nSPS) is 12.4. The molecule has 0 radical (unpaired) electrons. The molecule has 4 nitrogen and oxygen atoms in total. The van der Waals surface area contributed by atoms with Crippen molar-refractivity contribution in [1.29, 1.82) is 0 Å². The number of nitro benzene ring substituents is 1. The van der Waals surface area contributed by atoms with Crippen LogP contribution in [0.1, 0.15) is 129 Å². The number of benzene rings is 1. The molecule has 0 aliphatic rings. The highest BCUT2D eigenvalue weighted by molar-refractivity contribution is 5.32. The minimum absolute atomic E-state index is 0.185. The van der Waals surface area contributed by atoms with Gasteiger partial charge < -0.3 is 4.90 Å². The van der Waals surface area contributed by atoms with Crippen LogP contribution in [0, 0.1) is 10.1 Å². The Morgan fingerprint density at radius 3 is 1.67 bits per heavy atom. The third-order valence-electron chi connectivity index (χ3n) is 6.99. The first-order valence-electron chi connectivity index (χ1n) is 14.1. The monoisotopic (exact) mass is 460 g/mol. The molecule has 0 spiro atoms. The third-order valence-corrected chi connectivity index (χ3v) is 6.99. The minimum Gasteiger partial charge on any atom is -0.300 e. The van der Waals surface area contributed by atoms with Gasteiger partial charge in [0.15, 0.2) is 0 Å². The van der Waals surface area contributed by atoms with Gasteiger partial charge in [-0.25, -0.2) is 0 Å². The number of rotatable bonds is 22. The minimum atomic E-state index is -0.319. The van der Waals surface area contributed by atoms with Crippen molar-refractivity contribution < 1.29 is 4.92 Å². The predicted octanol–water partition coefficient (Wildman–Crippen LogP) is 9.11. The molecule has 0 bridgehead atoms. The van der Waals surface area contributed by atoms with Gasteiger partial charge in [0.2, 0.25) is 0 Å². The first-order chi connectivity index (χ1) is 16.1. The maximum atomic E-state index is 10.9. The van der Waals surface area contributed by atoms with Crippen LogP contribution in [-0.4, -0.2) is 29.0 Å². The van der Waals surface area contributed by atoms with E-state index in [2.05, 4.69) is 25.7 Å². The lowest BCUT2D eigenvalue weighted by Crippen LogP contribution is -2.36. The Morgan fingerprint density at radius 1 is 0.727 bits per heavy atom. The van der Waals surface area contributed by atoms with E-state index >= 15 is 0 Å². The third kappa shape index (κ3) is 14.4. The van der Waals surface area contributed by atoms with Crippen LogP contribution in [0.5, 0.6) is 0 Å². The lowest BCUT2D eigenvalue weighted by molar-refractivity contribution is -0.384. The highest BCUT2D eigenvalue weighted by atomic mass is 16.6. The fourth-order valence-electron chi connectivity index (χ4n) is 4.82. The van der Waals surface area contributed by atoms with Crippen molar-refractivity contribution in [2.75, 3.05) is 13.1 Å². The second-order valence-electron chi connectivity index (χ2n) is 9.80. The summed E-state index contributed by atoms with van der Waals surface area (Å²) in [6, 6.07) is 7.78. The van der Waals surface area contributed by atoms with Crippen LogP contribution in [0.4, 0.5) is 5.69 Å². The van der Waals surface area contributed by atoms with Gasteiger partial charge in [-0.3, -0.25) is 10.1 Å². The van der Waals surface area contributed by atoms with E-state index in [0.717, 1.165) is 12.8 Å². The van der Waals surface area contributed by atoms with Crippen LogP contribution in [0.3, 0.4) is 0 Å². The highest BCUT2D eigenvalue weighted by Crippen LogP contribution is 2.19. The molecule has 0 saturated carbocycles. The molecule has 0 amide bonds. The number of unbranched alkanes of at least 4 members (excludes halogenated alkanes) is 11. The molecule has 1 aromatic carbocycles. The van der Waals surface area contributed by atoms with Crippen molar-refractivity contribution in [3.63, 3.8) is 0 Å². The Morgan fingerprint density at radius 2 is 1.21 bits per heavy atom. The van der Waals surface area contributed by atoms with Gasteiger partial charge in [0, 0.05) is 18.2 Å². The largest absolute Gasteiger partial charge is 0.300 e. The topological polar surface area (TPSA) is 46.4 Å². The van der Waals surface area contributed by atoms with E-state index in [1.165, 1.54) is 115 Å². The van der Waals surface area contributed by atoms with E-state index in [-0.39, 0.29) is 10.6 Å². The fourth-order valence-corrected chi connectivity index (χ4v) is 4.82. The van der Waals surface area contributed by atoms with Gasteiger partial charge in [-0.05, 0) is 57.2 Å². The van der Waals surface area contributed by atoms with Gasteiger partial charge in [0.05, 0.1) is 4.92 Å². The molecule has 0 aliphatic heterocycles. The molecule has 0 saturated heterocycles. The van der Waals surface area contributed by atoms with Gasteiger partial charge in [-0.15, -0.1) is 0 Å². The molecule has 190 valence electrons. The number of non-ortho nitro benzene ring substituents is 1. The highest BCUT2D eigenvalue weighted by Gasteiger charge is 2.16. The van der Waals surface area contributed by atoms with Gasteiger partial charge in [0.1, 0.15) is 0 Å². The molecule has 0 N–H and O–H groups in total. The average molecular weight is 461 g/mol. The molecular formula is C29H52N2O2. The second-order valence-corrected chi connectivity index (χ2v) is 9.80. The van der Waals surface area contributed by atoms with Crippen LogP contribution in [0.2, 0.25) is 0 Å². The summed E-state index contributed by atoms with van der Waals surface area (Å²) in [7, 11) is 0. The average Bonchev–Trinajstić information content (AvgIpc) is 2.82.